The number of aromatic amines is 1. The summed E-state index contributed by atoms with van der Waals surface area (Å²) in [6.07, 6.45) is 1.86. The monoisotopic (exact) mass is 522 g/mol. The predicted molar refractivity (Wildman–Crippen MR) is 120 cm³/mol. The van der Waals surface area contributed by atoms with Gasteiger partial charge >= 0.3 is 10.2 Å². The summed E-state index contributed by atoms with van der Waals surface area (Å²) < 4.78 is 84.9. The minimum absolute atomic E-state index is 0.134. The van der Waals surface area contributed by atoms with Crippen LogP contribution in [0, 0.1) is 5.82 Å². The third kappa shape index (κ3) is 4.96. The number of aromatic nitrogens is 3. The second-order valence-electron chi connectivity index (χ2n) is 9.08. The van der Waals surface area contributed by atoms with Crippen LogP contribution in [-0.4, -0.2) is 46.0 Å². The van der Waals surface area contributed by atoms with Gasteiger partial charge in [-0.3, -0.25) is 4.79 Å². The highest BCUT2D eigenvalue weighted by Crippen LogP contribution is 3.02. The Morgan fingerprint density at radius 1 is 1.11 bits per heavy atom. The molecule has 0 aliphatic carbocycles. The van der Waals surface area contributed by atoms with Gasteiger partial charge in [0.1, 0.15) is 27.7 Å². The molecule has 1 N–H and O–H groups in total. The predicted octanol–water partition coefficient (Wildman–Crippen LogP) is 6.66. The highest BCUT2D eigenvalue weighted by atomic mass is 32.5. The van der Waals surface area contributed by atoms with E-state index in [9.17, 15) is 28.6 Å². The molecule has 3 heterocycles. The maximum Gasteiger partial charge on any atom is 0.310 e. The van der Waals surface area contributed by atoms with Gasteiger partial charge in [0.05, 0.1) is 6.20 Å². The van der Waals surface area contributed by atoms with E-state index in [1.54, 1.807) is 13.8 Å². The second-order valence-corrected chi connectivity index (χ2v) is 11.5. The zero-order valence-electron chi connectivity index (χ0n) is 19.1. The Hall–Kier alpha value is -2.80. The molecular weight excluding hydrogens is 498 g/mol. The first-order valence-corrected chi connectivity index (χ1v) is 12.7. The molecule has 3 aromatic rings. The van der Waals surface area contributed by atoms with E-state index in [4.69, 9.17) is 4.74 Å². The lowest BCUT2D eigenvalue weighted by Gasteiger charge is -2.40. The summed E-state index contributed by atoms with van der Waals surface area (Å²) in [7, 11) is -8.28. The number of hydrogen-bond donors (Lipinski definition) is 1. The van der Waals surface area contributed by atoms with E-state index >= 15 is 0 Å². The Kier molecular flexibility index (Phi) is 5.49. The Morgan fingerprint density at radius 3 is 2.26 bits per heavy atom. The van der Waals surface area contributed by atoms with Gasteiger partial charge in [-0.25, -0.2) is 14.4 Å². The van der Waals surface area contributed by atoms with Crippen LogP contribution in [0.15, 0.2) is 35.4 Å². The molecule has 1 saturated heterocycles. The Bertz CT molecular complexity index is 1280. The number of amides is 1. The summed E-state index contributed by atoms with van der Waals surface area (Å²) >= 11 is 0. The molecular formula is C22H24F6N4O2S. The van der Waals surface area contributed by atoms with Crippen LogP contribution in [-0.2, 0) is 10.3 Å². The summed E-state index contributed by atoms with van der Waals surface area (Å²) in [5.41, 5.74) is 0.269. The SMILES string of the molecule is COC(C)(C)c1nc2c(C3CCN(C(=O)c4ccc(S(F)(F)(F)(F)F)cc4)CC3)c(F)cnc2[nH]1. The highest BCUT2D eigenvalue weighted by molar-refractivity contribution is 8.45. The first-order valence-electron chi connectivity index (χ1n) is 10.7. The van der Waals surface area contributed by atoms with Crippen LogP contribution in [0.4, 0.5) is 23.8 Å². The van der Waals surface area contributed by atoms with Crippen LogP contribution in [0.1, 0.15) is 54.4 Å². The number of nitrogens with one attached hydrogen (secondary N) is 1. The summed E-state index contributed by atoms with van der Waals surface area (Å²) in [4.78, 5) is 23.7. The van der Waals surface area contributed by atoms with Crippen LogP contribution in [0.5, 0.6) is 0 Å². The molecule has 6 nitrogen and oxygen atoms in total. The summed E-state index contributed by atoms with van der Waals surface area (Å²) in [5.74, 6) is -0.901. The zero-order valence-corrected chi connectivity index (χ0v) is 19.9. The zero-order chi connectivity index (χ0) is 25.9. The number of carbonyl (C=O) groups is 1. The van der Waals surface area contributed by atoms with E-state index in [0.717, 1.165) is 18.3 Å². The number of carbonyl (C=O) groups excluding carboxylic acids is 1. The van der Waals surface area contributed by atoms with Crippen molar-refractivity contribution in [3.05, 3.63) is 53.2 Å². The second kappa shape index (κ2) is 7.60. The van der Waals surface area contributed by atoms with Crippen LogP contribution < -0.4 is 0 Å². The molecule has 4 rings (SSSR count). The molecule has 1 fully saturated rings. The van der Waals surface area contributed by atoms with Crippen molar-refractivity contribution in [2.45, 2.75) is 43.1 Å². The minimum atomic E-state index is -9.81. The van der Waals surface area contributed by atoms with Gasteiger partial charge in [-0.05, 0) is 56.9 Å². The van der Waals surface area contributed by atoms with Gasteiger partial charge in [0.2, 0.25) is 0 Å². The number of piperidine rings is 1. The van der Waals surface area contributed by atoms with E-state index in [1.165, 1.54) is 12.0 Å². The molecule has 0 atom stereocenters. The standard InChI is InChI=1S/C22H24F6N4O2S/c1-22(2,34-3)21-30-18-17(16(23)12-29-19(18)31-21)13-8-10-32(11-9-13)20(33)14-4-6-15(7-5-14)35(24,25,26,27)28/h4-7,12-13H,8-11H2,1-3H3,(H,29,30,31). The van der Waals surface area contributed by atoms with E-state index in [1.807, 2.05) is 0 Å². The maximum absolute atomic E-state index is 14.8. The quantitative estimate of drug-likeness (QED) is 0.381. The van der Waals surface area contributed by atoms with Crippen molar-refractivity contribution in [3.63, 3.8) is 0 Å². The lowest BCUT2D eigenvalue weighted by atomic mass is 9.88. The van der Waals surface area contributed by atoms with E-state index in [-0.39, 0.29) is 36.7 Å². The van der Waals surface area contributed by atoms with Crippen molar-refractivity contribution in [1.82, 2.24) is 19.9 Å². The number of halogens is 6. The fourth-order valence-electron chi connectivity index (χ4n) is 4.13. The molecule has 0 bridgehead atoms. The molecule has 0 unspecified atom stereocenters. The number of nitrogens with zero attached hydrogens (tertiary/aromatic N) is 3. The number of methoxy groups -OCH3 is 1. The van der Waals surface area contributed by atoms with Crippen LogP contribution in [0.3, 0.4) is 0 Å². The van der Waals surface area contributed by atoms with Crippen molar-refractivity contribution < 1.29 is 33.4 Å². The number of H-pyrrole nitrogens is 1. The first kappa shape index (κ1) is 25.3. The van der Waals surface area contributed by atoms with Crippen LogP contribution in [0.2, 0.25) is 0 Å². The average molecular weight is 523 g/mol. The minimum Gasteiger partial charge on any atom is -0.371 e. The van der Waals surface area contributed by atoms with Crippen molar-refractivity contribution in [3.8, 4) is 0 Å². The molecule has 1 aliphatic heterocycles. The third-order valence-corrected chi connectivity index (χ3v) is 7.48. The number of imidazole rings is 1. The van der Waals surface area contributed by atoms with Crippen LogP contribution in [0.25, 0.3) is 11.2 Å². The van der Waals surface area contributed by atoms with E-state index in [2.05, 4.69) is 15.0 Å². The lowest BCUT2D eigenvalue weighted by Crippen LogP contribution is -2.38. The Morgan fingerprint density at radius 2 is 1.71 bits per heavy atom. The van der Waals surface area contributed by atoms with Gasteiger partial charge < -0.3 is 14.6 Å². The molecule has 0 radical (unpaired) electrons. The number of ether oxygens (including phenoxy) is 1. The summed E-state index contributed by atoms with van der Waals surface area (Å²) in [5, 5.41) is 0. The van der Waals surface area contributed by atoms with Crippen molar-refractivity contribution in [2.24, 2.45) is 0 Å². The van der Waals surface area contributed by atoms with E-state index < -0.39 is 32.4 Å². The first-order chi connectivity index (χ1) is 16.0. The maximum atomic E-state index is 14.8. The molecule has 2 aromatic heterocycles. The number of hydrogen-bond acceptors (Lipinski definition) is 4. The molecule has 1 aliphatic rings. The smallest absolute Gasteiger partial charge is 0.310 e. The Balaban J connectivity index is 1.52. The van der Waals surface area contributed by atoms with Crippen molar-refractivity contribution in [1.29, 1.82) is 0 Å². The number of benzene rings is 1. The van der Waals surface area contributed by atoms with E-state index in [0.29, 0.717) is 35.4 Å². The highest BCUT2D eigenvalue weighted by Gasteiger charge is 2.65. The molecule has 1 aromatic carbocycles. The van der Waals surface area contributed by atoms with Gasteiger partial charge in [0, 0.05) is 31.3 Å². The molecule has 35 heavy (non-hydrogen) atoms. The largest absolute Gasteiger partial charge is 0.371 e. The normalized spacial score (nSPS) is 17.9. The fraction of sp³-hybridized carbons (Fsp3) is 0.409. The van der Waals surface area contributed by atoms with Crippen molar-refractivity contribution >= 4 is 27.3 Å². The Labute approximate surface area is 197 Å². The number of likely N-dealkylation sites (tertiary alicyclic amines) is 1. The number of rotatable bonds is 5. The van der Waals surface area contributed by atoms with Crippen LogP contribution >= 0.6 is 10.2 Å². The van der Waals surface area contributed by atoms with Crippen molar-refractivity contribution in [2.75, 3.05) is 20.2 Å². The van der Waals surface area contributed by atoms with Gasteiger partial charge in [-0.1, -0.05) is 19.4 Å². The van der Waals surface area contributed by atoms with Gasteiger partial charge in [0.15, 0.2) is 5.65 Å². The summed E-state index contributed by atoms with van der Waals surface area (Å²) in [6, 6.07) is 1.94. The average Bonchev–Trinajstić information content (AvgIpc) is 3.22. The third-order valence-electron chi connectivity index (χ3n) is 6.32. The molecule has 1 amide bonds. The number of fused-ring (bicyclic) bond motifs is 1. The number of pyridine rings is 1. The topological polar surface area (TPSA) is 71.1 Å². The fourth-order valence-corrected chi connectivity index (χ4v) is 4.78. The lowest BCUT2D eigenvalue weighted by molar-refractivity contribution is 0.0124. The molecule has 13 heteroatoms. The van der Waals surface area contributed by atoms with Gasteiger partial charge in [-0.2, -0.15) is 0 Å². The van der Waals surface area contributed by atoms with Gasteiger partial charge in [-0.15, -0.1) is 0 Å². The van der Waals surface area contributed by atoms with Gasteiger partial charge in [0.25, 0.3) is 5.91 Å². The molecule has 192 valence electrons. The molecule has 0 saturated carbocycles. The molecule has 0 spiro atoms. The summed E-state index contributed by atoms with van der Waals surface area (Å²) in [6.45, 7) is 4.01.